The second-order valence-electron chi connectivity index (χ2n) is 3.96. The van der Waals surface area contributed by atoms with E-state index in [-0.39, 0.29) is 11.5 Å². The third-order valence-electron chi connectivity index (χ3n) is 2.65. The fraction of sp³-hybridized carbons (Fsp3) is 0.133. The summed E-state index contributed by atoms with van der Waals surface area (Å²) in [5.41, 5.74) is 1.72. The normalized spacial score (nSPS) is 10.1. The highest BCUT2D eigenvalue weighted by Crippen LogP contribution is 2.13. The summed E-state index contributed by atoms with van der Waals surface area (Å²) in [5, 5.41) is 9.31. The van der Waals surface area contributed by atoms with Gasteiger partial charge in [0, 0.05) is 12.0 Å². The van der Waals surface area contributed by atoms with Gasteiger partial charge in [0.15, 0.2) is 5.78 Å². The first-order valence-electron chi connectivity index (χ1n) is 5.62. The number of aromatic hydroxyl groups is 1. The Labute approximate surface area is 101 Å². The number of ketones is 1. The van der Waals surface area contributed by atoms with Crippen molar-refractivity contribution in [3.63, 3.8) is 0 Å². The van der Waals surface area contributed by atoms with Gasteiger partial charge in [-0.3, -0.25) is 4.79 Å². The minimum absolute atomic E-state index is 0.133. The van der Waals surface area contributed by atoms with Crippen LogP contribution in [-0.4, -0.2) is 10.9 Å². The molecule has 2 aromatic carbocycles. The third-order valence-corrected chi connectivity index (χ3v) is 2.65. The molecule has 86 valence electrons. The topological polar surface area (TPSA) is 37.3 Å². The number of rotatable bonds is 4. The van der Waals surface area contributed by atoms with Gasteiger partial charge < -0.3 is 5.11 Å². The minimum atomic E-state index is 0.133. The molecule has 2 aromatic rings. The molecule has 1 N–H and O–H groups in total. The standard InChI is InChI=1S/C15H14O2/c16-14-8-4-5-12(11-14)9-10-15(17)13-6-2-1-3-7-13/h1-8,11,16H,9-10H2. The van der Waals surface area contributed by atoms with E-state index in [1.807, 2.05) is 36.4 Å². The Bertz CT molecular complexity index is 503. The summed E-state index contributed by atoms with van der Waals surface area (Å²) in [6.07, 6.45) is 1.12. The summed E-state index contributed by atoms with van der Waals surface area (Å²) in [6, 6.07) is 16.3. The van der Waals surface area contributed by atoms with Gasteiger partial charge in [0.25, 0.3) is 0 Å². The molecule has 2 heteroatoms. The van der Waals surface area contributed by atoms with E-state index in [1.54, 1.807) is 18.2 Å². The molecule has 0 unspecified atom stereocenters. The SMILES string of the molecule is O=C(CCc1cccc(O)c1)c1ccccc1. The number of phenols is 1. The molecule has 0 aromatic heterocycles. The van der Waals surface area contributed by atoms with Crippen molar-refractivity contribution in [1.82, 2.24) is 0 Å². The van der Waals surface area contributed by atoms with Crippen LogP contribution in [0.25, 0.3) is 0 Å². The molecule has 0 spiro atoms. The van der Waals surface area contributed by atoms with Gasteiger partial charge in [-0.05, 0) is 24.1 Å². The van der Waals surface area contributed by atoms with E-state index in [4.69, 9.17) is 0 Å². The fourth-order valence-corrected chi connectivity index (χ4v) is 1.74. The Hall–Kier alpha value is -2.09. The van der Waals surface area contributed by atoms with Crippen molar-refractivity contribution in [3.05, 3.63) is 65.7 Å². The van der Waals surface area contributed by atoms with Gasteiger partial charge in [0.2, 0.25) is 0 Å². The van der Waals surface area contributed by atoms with Crippen molar-refractivity contribution in [3.8, 4) is 5.75 Å². The van der Waals surface area contributed by atoms with E-state index < -0.39 is 0 Å². The largest absolute Gasteiger partial charge is 0.508 e. The molecule has 0 bridgehead atoms. The van der Waals surface area contributed by atoms with Crippen LogP contribution in [0.1, 0.15) is 22.3 Å². The summed E-state index contributed by atoms with van der Waals surface area (Å²) in [7, 11) is 0. The summed E-state index contributed by atoms with van der Waals surface area (Å²) in [4.78, 5) is 11.8. The fourth-order valence-electron chi connectivity index (χ4n) is 1.74. The van der Waals surface area contributed by atoms with Crippen LogP contribution in [0.3, 0.4) is 0 Å². The van der Waals surface area contributed by atoms with Gasteiger partial charge in [0.05, 0.1) is 0 Å². The van der Waals surface area contributed by atoms with Crippen LogP contribution >= 0.6 is 0 Å². The van der Waals surface area contributed by atoms with Gasteiger partial charge in [-0.15, -0.1) is 0 Å². The van der Waals surface area contributed by atoms with Crippen molar-refractivity contribution in [1.29, 1.82) is 0 Å². The quantitative estimate of drug-likeness (QED) is 0.813. The van der Waals surface area contributed by atoms with Gasteiger partial charge in [-0.2, -0.15) is 0 Å². The number of benzene rings is 2. The number of hydrogen-bond donors (Lipinski definition) is 1. The van der Waals surface area contributed by atoms with E-state index in [1.165, 1.54) is 0 Å². The van der Waals surface area contributed by atoms with Crippen LogP contribution in [0.2, 0.25) is 0 Å². The van der Waals surface area contributed by atoms with E-state index in [2.05, 4.69) is 0 Å². The van der Waals surface area contributed by atoms with Crippen molar-refractivity contribution in [2.75, 3.05) is 0 Å². The molecular weight excluding hydrogens is 212 g/mol. The Morgan fingerprint density at radius 2 is 1.76 bits per heavy atom. The number of Topliss-reactive ketones (excluding diaryl/α,β-unsaturated/α-hetero) is 1. The number of phenolic OH excluding ortho intramolecular Hbond substituents is 1. The van der Waals surface area contributed by atoms with Crippen LogP contribution in [-0.2, 0) is 6.42 Å². The van der Waals surface area contributed by atoms with Gasteiger partial charge in [-0.25, -0.2) is 0 Å². The maximum atomic E-state index is 11.8. The van der Waals surface area contributed by atoms with Crippen molar-refractivity contribution in [2.24, 2.45) is 0 Å². The molecule has 0 fully saturated rings. The molecule has 0 saturated heterocycles. The van der Waals surface area contributed by atoms with Crippen molar-refractivity contribution < 1.29 is 9.90 Å². The second kappa shape index (κ2) is 5.30. The van der Waals surface area contributed by atoms with Crippen LogP contribution in [0.15, 0.2) is 54.6 Å². The first kappa shape index (κ1) is 11.4. The number of hydrogen-bond acceptors (Lipinski definition) is 2. The molecule has 0 radical (unpaired) electrons. The van der Waals surface area contributed by atoms with Crippen molar-refractivity contribution in [2.45, 2.75) is 12.8 Å². The molecule has 17 heavy (non-hydrogen) atoms. The maximum absolute atomic E-state index is 11.8. The number of carbonyl (C=O) groups excluding carboxylic acids is 1. The molecule has 0 aliphatic carbocycles. The molecule has 0 atom stereocenters. The molecule has 0 amide bonds. The summed E-state index contributed by atoms with van der Waals surface area (Å²) in [5.74, 6) is 0.378. The summed E-state index contributed by atoms with van der Waals surface area (Å²) >= 11 is 0. The predicted octanol–water partition coefficient (Wildman–Crippen LogP) is 3.21. The van der Waals surface area contributed by atoms with E-state index >= 15 is 0 Å². The molecular formula is C15H14O2. The predicted molar refractivity (Wildman–Crippen MR) is 67.2 cm³/mol. The number of aryl methyl sites for hydroxylation is 1. The van der Waals surface area contributed by atoms with Crippen LogP contribution in [0.4, 0.5) is 0 Å². The average Bonchev–Trinajstić information content (AvgIpc) is 2.37. The Morgan fingerprint density at radius 3 is 2.47 bits per heavy atom. The Kier molecular flexibility index (Phi) is 3.55. The minimum Gasteiger partial charge on any atom is -0.508 e. The lowest BCUT2D eigenvalue weighted by molar-refractivity contribution is 0.0983. The van der Waals surface area contributed by atoms with E-state index in [0.717, 1.165) is 11.1 Å². The smallest absolute Gasteiger partial charge is 0.163 e. The summed E-state index contributed by atoms with van der Waals surface area (Å²) in [6.45, 7) is 0. The van der Waals surface area contributed by atoms with Crippen molar-refractivity contribution >= 4 is 5.78 Å². The Morgan fingerprint density at radius 1 is 1.00 bits per heavy atom. The third kappa shape index (κ3) is 3.18. The lowest BCUT2D eigenvalue weighted by Crippen LogP contribution is -2.00. The van der Waals surface area contributed by atoms with Crippen LogP contribution in [0.5, 0.6) is 5.75 Å². The zero-order valence-electron chi connectivity index (χ0n) is 9.47. The van der Waals surface area contributed by atoms with Crippen LogP contribution in [0, 0.1) is 0 Å². The van der Waals surface area contributed by atoms with Gasteiger partial charge in [-0.1, -0.05) is 42.5 Å². The lowest BCUT2D eigenvalue weighted by atomic mass is 10.0. The lowest BCUT2D eigenvalue weighted by Gasteiger charge is -2.02. The Balaban J connectivity index is 1.97. The molecule has 0 aliphatic heterocycles. The first-order chi connectivity index (χ1) is 8.25. The highest BCUT2D eigenvalue weighted by Gasteiger charge is 2.05. The van der Waals surface area contributed by atoms with Gasteiger partial charge in [0.1, 0.15) is 5.75 Å². The maximum Gasteiger partial charge on any atom is 0.163 e. The zero-order valence-corrected chi connectivity index (χ0v) is 9.47. The average molecular weight is 226 g/mol. The van der Waals surface area contributed by atoms with E-state index in [9.17, 15) is 9.90 Å². The van der Waals surface area contributed by atoms with Crippen LogP contribution < -0.4 is 0 Å². The van der Waals surface area contributed by atoms with Gasteiger partial charge >= 0.3 is 0 Å². The zero-order chi connectivity index (χ0) is 12.1. The monoisotopic (exact) mass is 226 g/mol. The molecule has 2 nitrogen and oxygen atoms in total. The molecule has 0 heterocycles. The second-order valence-corrected chi connectivity index (χ2v) is 3.96. The molecule has 0 aliphatic rings. The van der Waals surface area contributed by atoms with E-state index in [0.29, 0.717) is 12.8 Å². The first-order valence-corrected chi connectivity index (χ1v) is 5.62. The molecule has 0 saturated carbocycles. The molecule has 2 rings (SSSR count). The highest BCUT2D eigenvalue weighted by molar-refractivity contribution is 5.96. The number of carbonyl (C=O) groups is 1. The highest BCUT2D eigenvalue weighted by atomic mass is 16.3. The summed E-state index contributed by atoms with van der Waals surface area (Å²) < 4.78 is 0.